The third kappa shape index (κ3) is 4.32. The second-order valence-electron chi connectivity index (χ2n) is 3.98. The number of hydrogen-bond donors (Lipinski definition) is 1. The first-order chi connectivity index (χ1) is 8.19. The van der Waals surface area contributed by atoms with E-state index in [1.165, 1.54) is 6.07 Å². The number of rotatable bonds is 7. The highest BCUT2D eigenvalue weighted by Gasteiger charge is 2.12. The van der Waals surface area contributed by atoms with Gasteiger partial charge in [-0.2, -0.15) is 0 Å². The standard InChI is InChI=1S/C13H20FNO2/c1-10(7-9-16-2)17-13-11(6-8-15)4-3-5-12(13)14/h3-5,10H,6-9,15H2,1-2H3. The Morgan fingerprint density at radius 2 is 2.18 bits per heavy atom. The molecule has 0 aromatic heterocycles. The van der Waals surface area contributed by atoms with E-state index in [9.17, 15) is 4.39 Å². The minimum atomic E-state index is -0.333. The van der Waals surface area contributed by atoms with Crippen LogP contribution in [0.5, 0.6) is 5.75 Å². The monoisotopic (exact) mass is 241 g/mol. The largest absolute Gasteiger partial charge is 0.487 e. The normalized spacial score (nSPS) is 12.5. The van der Waals surface area contributed by atoms with Gasteiger partial charge in [-0.15, -0.1) is 0 Å². The van der Waals surface area contributed by atoms with Crippen LogP contribution in [0, 0.1) is 5.82 Å². The lowest BCUT2D eigenvalue weighted by molar-refractivity contribution is 0.131. The molecule has 0 heterocycles. The number of ether oxygens (including phenoxy) is 2. The van der Waals surface area contributed by atoms with Gasteiger partial charge in [0.1, 0.15) is 0 Å². The van der Waals surface area contributed by atoms with Crippen LogP contribution in [0.1, 0.15) is 18.9 Å². The van der Waals surface area contributed by atoms with E-state index in [2.05, 4.69) is 0 Å². The molecule has 2 N–H and O–H groups in total. The SMILES string of the molecule is COCCC(C)Oc1c(F)cccc1CCN. The number of halogens is 1. The maximum absolute atomic E-state index is 13.7. The van der Waals surface area contributed by atoms with Crippen LogP contribution in [-0.2, 0) is 11.2 Å². The summed E-state index contributed by atoms with van der Waals surface area (Å²) < 4.78 is 24.2. The zero-order valence-corrected chi connectivity index (χ0v) is 10.4. The van der Waals surface area contributed by atoms with Crippen LogP contribution in [0.15, 0.2) is 18.2 Å². The first-order valence-electron chi connectivity index (χ1n) is 5.82. The Balaban J connectivity index is 2.73. The van der Waals surface area contributed by atoms with Crippen LogP contribution in [0.25, 0.3) is 0 Å². The quantitative estimate of drug-likeness (QED) is 0.795. The van der Waals surface area contributed by atoms with Crippen molar-refractivity contribution >= 4 is 0 Å². The van der Waals surface area contributed by atoms with E-state index in [4.69, 9.17) is 15.2 Å². The molecule has 0 aliphatic rings. The van der Waals surface area contributed by atoms with Gasteiger partial charge in [-0.1, -0.05) is 12.1 Å². The topological polar surface area (TPSA) is 44.5 Å². The Labute approximate surface area is 102 Å². The number of para-hydroxylation sites is 1. The van der Waals surface area contributed by atoms with Crippen molar-refractivity contribution in [3.05, 3.63) is 29.6 Å². The highest BCUT2D eigenvalue weighted by molar-refractivity contribution is 5.35. The highest BCUT2D eigenvalue weighted by Crippen LogP contribution is 2.24. The van der Waals surface area contributed by atoms with E-state index in [1.54, 1.807) is 13.2 Å². The van der Waals surface area contributed by atoms with Crippen LogP contribution in [0.3, 0.4) is 0 Å². The third-order valence-corrected chi connectivity index (χ3v) is 2.51. The van der Waals surface area contributed by atoms with Gasteiger partial charge in [0.2, 0.25) is 0 Å². The molecular formula is C13H20FNO2. The summed E-state index contributed by atoms with van der Waals surface area (Å²) in [4.78, 5) is 0. The second kappa shape index (κ2) is 7.25. The molecule has 1 aromatic rings. The van der Waals surface area contributed by atoms with Crippen LogP contribution in [0.2, 0.25) is 0 Å². The zero-order valence-electron chi connectivity index (χ0n) is 10.4. The molecule has 17 heavy (non-hydrogen) atoms. The predicted molar refractivity (Wildman–Crippen MR) is 65.7 cm³/mol. The Morgan fingerprint density at radius 1 is 1.41 bits per heavy atom. The summed E-state index contributed by atoms with van der Waals surface area (Å²) in [5.41, 5.74) is 6.31. The molecule has 0 radical (unpaired) electrons. The molecule has 1 rings (SSSR count). The first kappa shape index (κ1) is 13.9. The molecule has 0 spiro atoms. The molecule has 0 bridgehead atoms. The number of nitrogens with two attached hydrogens (primary N) is 1. The molecule has 0 aliphatic heterocycles. The molecule has 0 saturated heterocycles. The van der Waals surface area contributed by atoms with Gasteiger partial charge < -0.3 is 15.2 Å². The summed E-state index contributed by atoms with van der Waals surface area (Å²) in [5.74, 6) is -0.0123. The van der Waals surface area contributed by atoms with Gasteiger partial charge in [0.15, 0.2) is 11.6 Å². The Hall–Kier alpha value is -1.13. The van der Waals surface area contributed by atoms with E-state index in [1.807, 2.05) is 13.0 Å². The van der Waals surface area contributed by atoms with E-state index in [-0.39, 0.29) is 11.9 Å². The molecule has 4 heteroatoms. The lowest BCUT2D eigenvalue weighted by Gasteiger charge is -2.17. The van der Waals surface area contributed by atoms with Gasteiger partial charge in [0.25, 0.3) is 0 Å². The summed E-state index contributed by atoms with van der Waals surface area (Å²) >= 11 is 0. The summed E-state index contributed by atoms with van der Waals surface area (Å²) in [6.07, 6.45) is 1.26. The van der Waals surface area contributed by atoms with E-state index < -0.39 is 0 Å². The lowest BCUT2D eigenvalue weighted by Crippen LogP contribution is -2.16. The summed E-state index contributed by atoms with van der Waals surface area (Å²) in [6, 6.07) is 4.92. The van der Waals surface area contributed by atoms with E-state index in [0.717, 1.165) is 12.0 Å². The number of hydrogen-bond acceptors (Lipinski definition) is 3. The van der Waals surface area contributed by atoms with Crippen molar-refractivity contribution < 1.29 is 13.9 Å². The van der Waals surface area contributed by atoms with Crippen LogP contribution < -0.4 is 10.5 Å². The van der Waals surface area contributed by atoms with Crippen molar-refractivity contribution in [2.75, 3.05) is 20.3 Å². The van der Waals surface area contributed by atoms with Crippen molar-refractivity contribution in [3.63, 3.8) is 0 Å². The average Bonchev–Trinajstić information content (AvgIpc) is 2.31. The lowest BCUT2D eigenvalue weighted by atomic mass is 10.1. The smallest absolute Gasteiger partial charge is 0.165 e. The summed E-state index contributed by atoms with van der Waals surface area (Å²) in [6.45, 7) is 2.98. The minimum Gasteiger partial charge on any atom is -0.487 e. The fourth-order valence-corrected chi connectivity index (χ4v) is 1.58. The van der Waals surface area contributed by atoms with Crippen molar-refractivity contribution in [3.8, 4) is 5.75 Å². The van der Waals surface area contributed by atoms with E-state index >= 15 is 0 Å². The fraction of sp³-hybridized carbons (Fsp3) is 0.538. The van der Waals surface area contributed by atoms with Crippen molar-refractivity contribution in [1.82, 2.24) is 0 Å². The molecule has 1 unspecified atom stereocenters. The summed E-state index contributed by atoms with van der Waals surface area (Å²) in [5, 5.41) is 0. The summed E-state index contributed by atoms with van der Waals surface area (Å²) in [7, 11) is 1.63. The Morgan fingerprint density at radius 3 is 2.82 bits per heavy atom. The van der Waals surface area contributed by atoms with Crippen molar-refractivity contribution in [2.24, 2.45) is 5.73 Å². The van der Waals surface area contributed by atoms with Gasteiger partial charge in [0, 0.05) is 20.1 Å². The maximum Gasteiger partial charge on any atom is 0.165 e. The molecule has 96 valence electrons. The molecule has 3 nitrogen and oxygen atoms in total. The number of methoxy groups -OCH3 is 1. The average molecular weight is 241 g/mol. The van der Waals surface area contributed by atoms with Crippen molar-refractivity contribution in [1.29, 1.82) is 0 Å². The van der Waals surface area contributed by atoms with Gasteiger partial charge >= 0.3 is 0 Å². The van der Waals surface area contributed by atoms with Gasteiger partial charge in [-0.05, 0) is 31.5 Å². The van der Waals surface area contributed by atoms with Crippen molar-refractivity contribution in [2.45, 2.75) is 25.9 Å². The van der Waals surface area contributed by atoms with E-state index in [0.29, 0.717) is 25.3 Å². The maximum atomic E-state index is 13.7. The van der Waals surface area contributed by atoms with Crippen LogP contribution in [0.4, 0.5) is 4.39 Å². The van der Waals surface area contributed by atoms with Gasteiger partial charge in [0.05, 0.1) is 6.10 Å². The molecule has 1 aromatic carbocycles. The minimum absolute atomic E-state index is 0.0802. The molecule has 1 atom stereocenters. The Kier molecular flexibility index (Phi) is 5.94. The molecule has 0 amide bonds. The van der Waals surface area contributed by atoms with Crippen LogP contribution >= 0.6 is 0 Å². The second-order valence-corrected chi connectivity index (χ2v) is 3.98. The zero-order chi connectivity index (χ0) is 12.7. The fourth-order valence-electron chi connectivity index (χ4n) is 1.58. The third-order valence-electron chi connectivity index (χ3n) is 2.51. The van der Waals surface area contributed by atoms with Gasteiger partial charge in [-0.25, -0.2) is 4.39 Å². The molecule has 0 aliphatic carbocycles. The Bertz CT molecular complexity index is 344. The number of benzene rings is 1. The van der Waals surface area contributed by atoms with Crippen LogP contribution in [-0.4, -0.2) is 26.4 Å². The first-order valence-corrected chi connectivity index (χ1v) is 5.82. The highest BCUT2D eigenvalue weighted by atomic mass is 19.1. The molecule has 0 fully saturated rings. The predicted octanol–water partition coefficient (Wildman–Crippen LogP) is 2.13. The van der Waals surface area contributed by atoms with Gasteiger partial charge in [-0.3, -0.25) is 0 Å². The molecule has 0 saturated carbocycles. The molecular weight excluding hydrogens is 221 g/mol.